The summed E-state index contributed by atoms with van der Waals surface area (Å²) in [4.78, 5) is 3.87. The Hall–Kier alpha value is -1.92. The zero-order valence-corrected chi connectivity index (χ0v) is 11.1. The Balaban J connectivity index is 2.34. The minimum atomic E-state index is -3.94. The van der Waals surface area contributed by atoms with Crippen molar-refractivity contribution in [1.29, 1.82) is 0 Å². The van der Waals surface area contributed by atoms with Gasteiger partial charge < -0.3 is 9.29 Å². The third kappa shape index (κ3) is 3.10. The molecule has 100 valence electrons. The van der Waals surface area contributed by atoms with E-state index in [0.29, 0.717) is 5.56 Å². The summed E-state index contributed by atoms with van der Waals surface area (Å²) in [5, 5.41) is 9.11. The van der Waals surface area contributed by atoms with Crippen LogP contribution in [0.2, 0.25) is 0 Å². The molecule has 0 saturated heterocycles. The van der Waals surface area contributed by atoms with Gasteiger partial charge in [-0.15, -0.1) is 0 Å². The maximum absolute atomic E-state index is 12.0. The fourth-order valence-electron chi connectivity index (χ4n) is 1.48. The molecule has 0 aliphatic carbocycles. The van der Waals surface area contributed by atoms with Crippen molar-refractivity contribution in [3.8, 4) is 5.88 Å². The van der Waals surface area contributed by atoms with Gasteiger partial charge in [0.2, 0.25) is 5.88 Å². The molecule has 0 atom stereocenters. The van der Waals surface area contributed by atoms with Crippen molar-refractivity contribution in [2.45, 2.75) is 18.4 Å². The second-order valence-corrected chi connectivity index (χ2v) is 5.52. The highest BCUT2D eigenvalue weighted by molar-refractivity contribution is 7.87. The lowest BCUT2D eigenvalue weighted by Gasteiger charge is -2.08. The average molecular weight is 279 g/mol. The standard InChI is InChI=1S/C13H13NO4S/c1-10-4-6-12(7-5-10)19(16,17)18-13-11(9-15)3-2-8-14-13/h2-8,15H,9H2,1H3. The molecule has 0 bridgehead atoms. The molecule has 6 heteroatoms. The topological polar surface area (TPSA) is 76.5 Å². The molecule has 0 spiro atoms. The summed E-state index contributed by atoms with van der Waals surface area (Å²) >= 11 is 0. The van der Waals surface area contributed by atoms with Gasteiger partial charge in [0.25, 0.3) is 0 Å². The number of nitrogens with zero attached hydrogens (tertiary/aromatic N) is 1. The first-order chi connectivity index (χ1) is 9.03. The number of aliphatic hydroxyl groups is 1. The van der Waals surface area contributed by atoms with Gasteiger partial charge in [0.05, 0.1) is 6.61 Å². The smallest absolute Gasteiger partial charge is 0.340 e. The highest BCUT2D eigenvalue weighted by Gasteiger charge is 2.18. The molecule has 1 aromatic heterocycles. The van der Waals surface area contributed by atoms with Gasteiger partial charge >= 0.3 is 10.1 Å². The van der Waals surface area contributed by atoms with Crippen molar-refractivity contribution < 1.29 is 17.7 Å². The third-order valence-electron chi connectivity index (χ3n) is 2.52. The molecular weight excluding hydrogens is 266 g/mol. The zero-order chi connectivity index (χ0) is 13.9. The van der Waals surface area contributed by atoms with E-state index < -0.39 is 10.1 Å². The van der Waals surface area contributed by atoms with Gasteiger partial charge in [-0.1, -0.05) is 17.7 Å². The van der Waals surface area contributed by atoms with Crippen molar-refractivity contribution >= 4 is 10.1 Å². The largest absolute Gasteiger partial charge is 0.391 e. The normalized spacial score (nSPS) is 11.3. The molecule has 19 heavy (non-hydrogen) atoms. The van der Waals surface area contributed by atoms with E-state index >= 15 is 0 Å². The summed E-state index contributed by atoms with van der Waals surface area (Å²) in [6.07, 6.45) is 1.40. The van der Waals surface area contributed by atoms with E-state index in [4.69, 9.17) is 9.29 Å². The third-order valence-corrected chi connectivity index (χ3v) is 3.75. The summed E-state index contributed by atoms with van der Waals surface area (Å²) in [5.74, 6) is -0.106. The molecule has 0 unspecified atom stereocenters. The van der Waals surface area contributed by atoms with Crippen molar-refractivity contribution in [1.82, 2.24) is 4.98 Å². The quantitative estimate of drug-likeness (QED) is 0.861. The number of pyridine rings is 1. The first-order valence-electron chi connectivity index (χ1n) is 5.59. The molecular formula is C13H13NO4S. The van der Waals surface area contributed by atoms with Gasteiger partial charge in [0, 0.05) is 11.8 Å². The second-order valence-electron chi connectivity index (χ2n) is 3.98. The Morgan fingerprint density at radius 3 is 2.53 bits per heavy atom. The summed E-state index contributed by atoms with van der Waals surface area (Å²) in [6.45, 7) is 1.52. The molecule has 1 N–H and O–H groups in total. The number of hydrogen-bond donors (Lipinski definition) is 1. The maximum atomic E-state index is 12.0. The van der Waals surface area contributed by atoms with Crippen LogP contribution in [0.3, 0.4) is 0 Å². The highest BCUT2D eigenvalue weighted by atomic mass is 32.2. The van der Waals surface area contributed by atoms with Crippen LogP contribution in [0.4, 0.5) is 0 Å². The predicted octanol–water partition coefficient (Wildman–Crippen LogP) is 1.65. The van der Waals surface area contributed by atoms with Crippen LogP contribution < -0.4 is 4.18 Å². The lowest BCUT2D eigenvalue weighted by atomic mass is 10.2. The van der Waals surface area contributed by atoms with Crippen molar-refractivity contribution in [2.75, 3.05) is 0 Å². The molecule has 0 saturated carbocycles. The fourth-order valence-corrected chi connectivity index (χ4v) is 2.40. The SMILES string of the molecule is Cc1ccc(S(=O)(=O)Oc2ncccc2CO)cc1. The molecule has 5 nitrogen and oxygen atoms in total. The lowest BCUT2D eigenvalue weighted by molar-refractivity contribution is 0.277. The number of aliphatic hydroxyl groups excluding tert-OH is 1. The Labute approximate surface area is 111 Å². The Morgan fingerprint density at radius 1 is 1.21 bits per heavy atom. The van der Waals surface area contributed by atoms with Crippen LogP contribution in [-0.4, -0.2) is 18.5 Å². The van der Waals surface area contributed by atoms with Crippen LogP contribution in [0, 0.1) is 6.92 Å². The Bertz CT molecular complexity index is 665. The van der Waals surface area contributed by atoms with Gasteiger partial charge in [-0.25, -0.2) is 4.98 Å². The minimum absolute atomic E-state index is 0.0487. The molecule has 0 aliphatic rings. The number of benzene rings is 1. The first kappa shape index (κ1) is 13.5. The maximum Gasteiger partial charge on any atom is 0.340 e. The number of rotatable bonds is 4. The molecule has 0 radical (unpaired) electrons. The monoisotopic (exact) mass is 279 g/mol. The van der Waals surface area contributed by atoms with Crippen LogP contribution in [0.15, 0.2) is 47.5 Å². The first-order valence-corrected chi connectivity index (χ1v) is 6.99. The molecule has 1 heterocycles. The minimum Gasteiger partial charge on any atom is -0.391 e. The summed E-state index contributed by atoms with van der Waals surface area (Å²) < 4.78 is 29.0. The van der Waals surface area contributed by atoms with Crippen LogP contribution in [0.25, 0.3) is 0 Å². The van der Waals surface area contributed by atoms with Gasteiger partial charge in [-0.05, 0) is 31.2 Å². The van der Waals surface area contributed by atoms with E-state index in [9.17, 15) is 8.42 Å². The van der Waals surface area contributed by atoms with E-state index in [1.54, 1.807) is 24.3 Å². The summed E-state index contributed by atoms with van der Waals surface area (Å²) in [7, 11) is -3.94. The van der Waals surface area contributed by atoms with Gasteiger partial charge in [0.15, 0.2) is 0 Å². The fraction of sp³-hybridized carbons (Fsp3) is 0.154. The van der Waals surface area contributed by atoms with Crippen molar-refractivity contribution in [2.24, 2.45) is 0 Å². The van der Waals surface area contributed by atoms with Crippen LogP contribution in [-0.2, 0) is 16.7 Å². The molecule has 1 aromatic carbocycles. The van der Waals surface area contributed by atoms with E-state index in [2.05, 4.69) is 4.98 Å². The van der Waals surface area contributed by atoms with E-state index in [1.807, 2.05) is 6.92 Å². The van der Waals surface area contributed by atoms with Gasteiger partial charge in [-0.3, -0.25) is 0 Å². The molecule has 0 fully saturated rings. The van der Waals surface area contributed by atoms with Gasteiger partial charge in [0.1, 0.15) is 4.90 Å². The van der Waals surface area contributed by atoms with E-state index in [1.165, 1.54) is 18.3 Å². The highest BCUT2D eigenvalue weighted by Crippen LogP contribution is 2.20. The number of aryl methyl sites for hydroxylation is 1. The van der Waals surface area contributed by atoms with Crippen LogP contribution in [0.1, 0.15) is 11.1 Å². The molecule has 2 rings (SSSR count). The predicted molar refractivity (Wildman–Crippen MR) is 69.2 cm³/mol. The number of hydrogen-bond acceptors (Lipinski definition) is 5. The van der Waals surface area contributed by atoms with E-state index in [0.717, 1.165) is 5.56 Å². The van der Waals surface area contributed by atoms with Crippen LogP contribution in [0.5, 0.6) is 5.88 Å². The summed E-state index contributed by atoms with van der Waals surface area (Å²) in [5.41, 5.74) is 1.27. The molecule has 0 amide bonds. The van der Waals surface area contributed by atoms with E-state index in [-0.39, 0.29) is 17.4 Å². The number of aromatic nitrogens is 1. The molecule has 2 aromatic rings. The second kappa shape index (κ2) is 5.38. The molecule has 0 aliphatic heterocycles. The zero-order valence-electron chi connectivity index (χ0n) is 10.3. The van der Waals surface area contributed by atoms with Crippen LogP contribution >= 0.6 is 0 Å². The van der Waals surface area contributed by atoms with Crippen molar-refractivity contribution in [3.63, 3.8) is 0 Å². The average Bonchev–Trinajstić information content (AvgIpc) is 2.39. The van der Waals surface area contributed by atoms with Gasteiger partial charge in [-0.2, -0.15) is 8.42 Å². The van der Waals surface area contributed by atoms with Crippen molar-refractivity contribution in [3.05, 3.63) is 53.7 Å². The Kier molecular flexibility index (Phi) is 3.82. The Morgan fingerprint density at radius 2 is 1.89 bits per heavy atom. The summed E-state index contributed by atoms with van der Waals surface area (Å²) in [6, 6.07) is 9.44. The lowest BCUT2D eigenvalue weighted by Crippen LogP contribution is -2.12.